The van der Waals surface area contributed by atoms with E-state index < -0.39 is 0 Å². The lowest BCUT2D eigenvalue weighted by Gasteiger charge is -2.04. The van der Waals surface area contributed by atoms with Gasteiger partial charge in [0.2, 0.25) is 0 Å². The minimum absolute atomic E-state index is 0.1000. The van der Waals surface area contributed by atoms with E-state index in [9.17, 15) is 0 Å². The zero-order chi connectivity index (χ0) is 6.53. The van der Waals surface area contributed by atoms with Crippen LogP contribution >= 0.6 is 0 Å². The Kier molecular flexibility index (Phi) is 2.54. The van der Waals surface area contributed by atoms with E-state index >= 15 is 0 Å². The van der Waals surface area contributed by atoms with Crippen molar-refractivity contribution in [1.29, 1.82) is 0 Å². The van der Waals surface area contributed by atoms with Crippen molar-refractivity contribution in [2.45, 2.75) is 6.10 Å². The SMILES string of the molecule is C=COCC1COCO1. The quantitative estimate of drug-likeness (QED) is 0.521. The maximum Gasteiger partial charge on any atom is 0.147 e. The van der Waals surface area contributed by atoms with E-state index in [2.05, 4.69) is 6.58 Å². The highest BCUT2D eigenvalue weighted by Gasteiger charge is 2.15. The molecular formula is C6H10O3. The van der Waals surface area contributed by atoms with Crippen molar-refractivity contribution in [2.24, 2.45) is 0 Å². The van der Waals surface area contributed by atoms with Gasteiger partial charge >= 0.3 is 0 Å². The molecule has 1 rings (SSSR count). The molecule has 0 radical (unpaired) electrons. The van der Waals surface area contributed by atoms with E-state index in [1.807, 2.05) is 0 Å². The molecule has 0 N–H and O–H groups in total. The first kappa shape index (κ1) is 6.58. The minimum atomic E-state index is 0.1000. The lowest BCUT2D eigenvalue weighted by Crippen LogP contribution is -2.15. The van der Waals surface area contributed by atoms with Crippen LogP contribution in [0.25, 0.3) is 0 Å². The molecule has 3 heteroatoms. The third-order valence-electron chi connectivity index (χ3n) is 1.09. The average molecular weight is 130 g/mol. The molecule has 0 amide bonds. The standard InChI is InChI=1S/C6H10O3/c1-2-7-3-6-4-8-5-9-6/h2,6H,1,3-5H2. The lowest BCUT2D eigenvalue weighted by molar-refractivity contribution is 0.0249. The van der Waals surface area contributed by atoms with Crippen molar-refractivity contribution in [1.82, 2.24) is 0 Å². The number of ether oxygens (including phenoxy) is 3. The summed E-state index contributed by atoms with van der Waals surface area (Å²) < 4.78 is 14.9. The fourth-order valence-corrected chi connectivity index (χ4v) is 0.644. The first-order valence-electron chi connectivity index (χ1n) is 2.85. The van der Waals surface area contributed by atoms with E-state index in [0.29, 0.717) is 20.0 Å². The molecule has 9 heavy (non-hydrogen) atoms. The summed E-state index contributed by atoms with van der Waals surface area (Å²) in [4.78, 5) is 0. The molecule has 0 spiro atoms. The summed E-state index contributed by atoms with van der Waals surface area (Å²) in [6.45, 7) is 4.97. The van der Waals surface area contributed by atoms with E-state index in [4.69, 9.17) is 14.2 Å². The Hall–Kier alpha value is -0.540. The normalized spacial score (nSPS) is 26.0. The third kappa shape index (κ3) is 2.03. The monoisotopic (exact) mass is 130 g/mol. The Morgan fingerprint density at radius 3 is 3.22 bits per heavy atom. The topological polar surface area (TPSA) is 27.7 Å². The van der Waals surface area contributed by atoms with Crippen molar-refractivity contribution < 1.29 is 14.2 Å². The molecule has 0 saturated carbocycles. The van der Waals surface area contributed by atoms with Crippen LogP contribution in [0, 0.1) is 0 Å². The zero-order valence-electron chi connectivity index (χ0n) is 5.21. The van der Waals surface area contributed by atoms with Crippen LogP contribution in [0.2, 0.25) is 0 Å². The predicted molar refractivity (Wildman–Crippen MR) is 31.8 cm³/mol. The maximum atomic E-state index is 5.06. The highest BCUT2D eigenvalue weighted by Crippen LogP contribution is 2.02. The highest BCUT2D eigenvalue weighted by atomic mass is 16.7. The van der Waals surface area contributed by atoms with Crippen LogP contribution in [0.5, 0.6) is 0 Å². The van der Waals surface area contributed by atoms with Gasteiger partial charge in [-0.1, -0.05) is 6.58 Å². The Labute approximate surface area is 54.2 Å². The Morgan fingerprint density at radius 2 is 2.67 bits per heavy atom. The molecule has 1 heterocycles. The molecule has 1 aliphatic rings. The summed E-state index contributed by atoms with van der Waals surface area (Å²) in [6.07, 6.45) is 1.50. The molecule has 1 unspecified atom stereocenters. The van der Waals surface area contributed by atoms with E-state index in [1.165, 1.54) is 6.26 Å². The van der Waals surface area contributed by atoms with Crippen LogP contribution in [0.15, 0.2) is 12.8 Å². The van der Waals surface area contributed by atoms with Crippen LogP contribution in [0.4, 0.5) is 0 Å². The van der Waals surface area contributed by atoms with Crippen LogP contribution in [-0.2, 0) is 14.2 Å². The fraction of sp³-hybridized carbons (Fsp3) is 0.667. The minimum Gasteiger partial charge on any atom is -0.499 e. The molecule has 0 aromatic carbocycles. The Bertz CT molecular complexity index is 86.3. The van der Waals surface area contributed by atoms with E-state index in [1.54, 1.807) is 0 Å². The van der Waals surface area contributed by atoms with Gasteiger partial charge in [-0.05, 0) is 0 Å². The Morgan fingerprint density at radius 1 is 1.78 bits per heavy atom. The first-order chi connectivity index (χ1) is 4.43. The molecule has 0 bridgehead atoms. The molecule has 0 aromatic rings. The van der Waals surface area contributed by atoms with Gasteiger partial charge in [0, 0.05) is 0 Å². The van der Waals surface area contributed by atoms with Gasteiger partial charge < -0.3 is 14.2 Å². The molecule has 52 valence electrons. The molecular weight excluding hydrogens is 120 g/mol. The van der Waals surface area contributed by atoms with E-state index in [0.717, 1.165) is 0 Å². The maximum absolute atomic E-state index is 5.06. The number of hydrogen-bond acceptors (Lipinski definition) is 3. The van der Waals surface area contributed by atoms with Crippen LogP contribution in [0.1, 0.15) is 0 Å². The average Bonchev–Trinajstić information content (AvgIpc) is 2.34. The van der Waals surface area contributed by atoms with Gasteiger partial charge in [-0.15, -0.1) is 0 Å². The molecule has 3 nitrogen and oxygen atoms in total. The van der Waals surface area contributed by atoms with Crippen LogP contribution in [0.3, 0.4) is 0 Å². The van der Waals surface area contributed by atoms with Gasteiger partial charge in [-0.2, -0.15) is 0 Å². The van der Waals surface area contributed by atoms with Crippen molar-refractivity contribution in [3.63, 3.8) is 0 Å². The van der Waals surface area contributed by atoms with Crippen LogP contribution < -0.4 is 0 Å². The molecule has 1 aliphatic heterocycles. The summed E-state index contributed by atoms with van der Waals surface area (Å²) in [5.74, 6) is 0. The smallest absolute Gasteiger partial charge is 0.147 e. The summed E-state index contributed by atoms with van der Waals surface area (Å²) in [7, 11) is 0. The van der Waals surface area contributed by atoms with Gasteiger partial charge in [-0.3, -0.25) is 0 Å². The van der Waals surface area contributed by atoms with Crippen molar-refractivity contribution in [2.75, 3.05) is 20.0 Å². The molecule has 1 atom stereocenters. The van der Waals surface area contributed by atoms with Gasteiger partial charge in [0.15, 0.2) is 0 Å². The highest BCUT2D eigenvalue weighted by molar-refractivity contribution is 4.60. The third-order valence-corrected chi connectivity index (χ3v) is 1.09. The van der Waals surface area contributed by atoms with Gasteiger partial charge in [0.25, 0.3) is 0 Å². The predicted octanol–water partition coefficient (Wildman–Crippen LogP) is 0.519. The second-order valence-corrected chi connectivity index (χ2v) is 1.78. The Balaban J connectivity index is 2.04. The van der Waals surface area contributed by atoms with Crippen molar-refractivity contribution in [3.8, 4) is 0 Å². The molecule has 1 fully saturated rings. The summed E-state index contributed by atoms with van der Waals surface area (Å²) >= 11 is 0. The van der Waals surface area contributed by atoms with Gasteiger partial charge in [-0.25, -0.2) is 0 Å². The number of rotatable bonds is 3. The zero-order valence-corrected chi connectivity index (χ0v) is 5.21. The lowest BCUT2D eigenvalue weighted by atomic mass is 10.4. The second kappa shape index (κ2) is 3.48. The molecule has 1 saturated heterocycles. The van der Waals surface area contributed by atoms with E-state index in [-0.39, 0.29) is 6.10 Å². The number of hydrogen-bond donors (Lipinski definition) is 0. The van der Waals surface area contributed by atoms with Gasteiger partial charge in [0.05, 0.1) is 12.9 Å². The second-order valence-electron chi connectivity index (χ2n) is 1.78. The van der Waals surface area contributed by atoms with Crippen molar-refractivity contribution >= 4 is 0 Å². The van der Waals surface area contributed by atoms with Crippen molar-refractivity contribution in [3.05, 3.63) is 12.8 Å². The molecule has 0 aromatic heterocycles. The summed E-state index contributed by atoms with van der Waals surface area (Å²) in [5, 5.41) is 0. The largest absolute Gasteiger partial charge is 0.499 e. The summed E-state index contributed by atoms with van der Waals surface area (Å²) in [5.41, 5.74) is 0. The first-order valence-corrected chi connectivity index (χ1v) is 2.85. The fourth-order valence-electron chi connectivity index (χ4n) is 0.644. The van der Waals surface area contributed by atoms with Gasteiger partial charge in [0.1, 0.15) is 19.5 Å². The van der Waals surface area contributed by atoms with Crippen LogP contribution in [-0.4, -0.2) is 26.1 Å². The molecule has 0 aliphatic carbocycles. The summed E-state index contributed by atoms with van der Waals surface area (Å²) in [6, 6.07) is 0.